The quantitative estimate of drug-likeness (QED) is 0.571. The van der Waals surface area contributed by atoms with E-state index >= 15 is 0 Å². The summed E-state index contributed by atoms with van der Waals surface area (Å²) in [5.41, 5.74) is -1.56. The molecule has 0 saturated carbocycles. The molecule has 0 aromatic carbocycles. The lowest BCUT2D eigenvalue weighted by molar-refractivity contribution is -0.387. The Hall–Kier alpha value is -1.30. The molecular formula is C7H5ClF2N2O2. The van der Waals surface area contributed by atoms with Crippen LogP contribution in [0, 0.1) is 17.0 Å². The SMILES string of the molecule is Cc1c(Cl)cnc(C(F)F)c1[N+](=O)[O-]. The van der Waals surface area contributed by atoms with Crippen LogP contribution in [-0.4, -0.2) is 9.91 Å². The van der Waals surface area contributed by atoms with Gasteiger partial charge >= 0.3 is 5.69 Å². The molecule has 1 rings (SSSR count). The summed E-state index contributed by atoms with van der Waals surface area (Å²) in [6.45, 7) is 1.30. The molecule has 7 heteroatoms. The molecule has 0 fully saturated rings. The van der Waals surface area contributed by atoms with Crippen molar-refractivity contribution >= 4 is 17.3 Å². The summed E-state index contributed by atoms with van der Waals surface area (Å²) in [5.74, 6) is 0. The average molecular weight is 223 g/mol. The molecule has 0 radical (unpaired) electrons. The molecule has 0 atom stereocenters. The highest BCUT2D eigenvalue weighted by atomic mass is 35.5. The normalized spacial score (nSPS) is 10.6. The number of hydrogen-bond donors (Lipinski definition) is 0. The van der Waals surface area contributed by atoms with Gasteiger partial charge in [0, 0.05) is 11.8 Å². The lowest BCUT2D eigenvalue weighted by Gasteiger charge is -2.04. The number of pyridine rings is 1. The number of nitrogens with zero attached hydrogens (tertiary/aromatic N) is 2. The Morgan fingerprint density at radius 3 is 2.64 bits per heavy atom. The van der Waals surface area contributed by atoms with Crippen LogP contribution in [0.1, 0.15) is 17.7 Å². The standard InChI is InChI=1S/C7H5ClF2N2O2/c1-3-4(8)2-11-5(7(9)10)6(3)12(13)14/h2,7H,1H3. The molecule has 14 heavy (non-hydrogen) atoms. The first kappa shape index (κ1) is 10.8. The first-order chi connectivity index (χ1) is 6.45. The van der Waals surface area contributed by atoms with Crippen molar-refractivity contribution in [3.8, 4) is 0 Å². The zero-order valence-corrected chi connectivity index (χ0v) is 7.76. The highest BCUT2D eigenvalue weighted by Gasteiger charge is 2.27. The summed E-state index contributed by atoms with van der Waals surface area (Å²) in [6, 6.07) is 0. The molecule has 0 saturated heterocycles. The highest BCUT2D eigenvalue weighted by Crippen LogP contribution is 2.32. The Morgan fingerprint density at radius 1 is 1.64 bits per heavy atom. The van der Waals surface area contributed by atoms with E-state index in [4.69, 9.17) is 11.6 Å². The minimum absolute atomic E-state index is 0.00102. The van der Waals surface area contributed by atoms with Crippen molar-refractivity contribution in [2.24, 2.45) is 0 Å². The second-order valence-electron chi connectivity index (χ2n) is 2.52. The van der Waals surface area contributed by atoms with E-state index < -0.39 is 22.7 Å². The number of alkyl halides is 2. The molecule has 4 nitrogen and oxygen atoms in total. The van der Waals surface area contributed by atoms with Gasteiger partial charge in [0.15, 0.2) is 5.69 Å². The maximum Gasteiger partial charge on any atom is 0.301 e. The van der Waals surface area contributed by atoms with Crippen LogP contribution in [0.5, 0.6) is 0 Å². The molecule has 0 bridgehead atoms. The van der Waals surface area contributed by atoms with E-state index in [1.807, 2.05) is 0 Å². The fraction of sp³-hybridized carbons (Fsp3) is 0.286. The summed E-state index contributed by atoms with van der Waals surface area (Å²) < 4.78 is 24.6. The second-order valence-corrected chi connectivity index (χ2v) is 2.93. The molecule has 0 spiro atoms. The monoisotopic (exact) mass is 222 g/mol. The molecule has 1 heterocycles. The van der Waals surface area contributed by atoms with Crippen molar-refractivity contribution in [1.82, 2.24) is 4.98 Å². The van der Waals surface area contributed by atoms with E-state index in [0.717, 1.165) is 6.20 Å². The van der Waals surface area contributed by atoms with Gasteiger partial charge in [-0.15, -0.1) is 0 Å². The van der Waals surface area contributed by atoms with Gasteiger partial charge in [0.05, 0.1) is 9.95 Å². The van der Waals surface area contributed by atoms with Gasteiger partial charge in [-0.05, 0) is 6.92 Å². The zero-order chi connectivity index (χ0) is 10.9. The van der Waals surface area contributed by atoms with Gasteiger partial charge in [-0.2, -0.15) is 0 Å². The summed E-state index contributed by atoms with van der Waals surface area (Å²) in [4.78, 5) is 12.8. The van der Waals surface area contributed by atoms with Crippen molar-refractivity contribution in [2.45, 2.75) is 13.3 Å². The predicted octanol–water partition coefficient (Wildman–Crippen LogP) is 2.89. The van der Waals surface area contributed by atoms with Crippen LogP contribution in [0.15, 0.2) is 6.20 Å². The van der Waals surface area contributed by atoms with Gasteiger partial charge in [0.25, 0.3) is 6.43 Å². The van der Waals surface area contributed by atoms with Crippen LogP contribution in [0.2, 0.25) is 5.02 Å². The molecule has 1 aromatic rings. The smallest absolute Gasteiger partial charge is 0.258 e. The summed E-state index contributed by atoms with van der Waals surface area (Å²) in [7, 11) is 0. The maximum absolute atomic E-state index is 12.3. The third-order valence-electron chi connectivity index (χ3n) is 1.66. The van der Waals surface area contributed by atoms with Crippen LogP contribution in [0.25, 0.3) is 0 Å². The Bertz CT molecular complexity index is 384. The zero-order valence-electron chi connectivity index (χ0n) is 7.00. The van der Waals surface area contributed by atoms with Gasteiger partial charge < -0.3 is 0 Å². The second kappa shape index (κ2) is 3.83. The topological polar surface area (TPSA) is 56.0 Å². The van der Waals surface area contributed by atoms with E-state index in [1.165, 1.54) is 6.92 Å². The fourth-order valence-electron chi connectivity index (χ4n) is 0.980. The van der Waals surface area contributed by atoms with Crippen LogP contribution in [0.3, 0.4) is 0 Å². The summed E-state index contributed by atoms with van der Waals surface area (Å²) >= 11 is 5.52. The lowest BCUT2D eigenvalue weighted by Crippen LogP contribution is -2.01. The van der Waals surface area contributed by atoms with Crippen molar-refractivity contribution in [3.05, 3.63) is 32.6 Å². The molecule has 0 unspecified atom stereocenters. The van der Waals surface area contributed by atoms with Crippen LogP contribution in [-0.2, 0) is 0 Å². The molecule has 0 aliphatic heterocycles. The van der Waals surface area contributed by atoms with E-state index in [9.17, 15) is 18.9 Å². The van der Waals surface area contributed by atoms with Gasteiger partial charge in [-0.3, -0.25) is 10.1 Å². The summed E-state index contributed by atoms with van der Waals surface area (Å²) in [6.07, 6.45) is -2.00. The predicted molar refractivity (Wildman–Crippen MR) is 45.6 cm³/mol. The van der Waals surface area contributed by atoms with E-state index in [1.54, 1.807) is 0 Å². The minimum Gasteiger partial charge on any atom is -0.258 e. The third kappa shape index (κ3) is 1.79. The molecule has 0 aliphatic carbocycles. The van der Waals surface area contributed by atoms with Gasteiger partial charge in [0.1, 0.15) is 0 Å². The first-order valence-corrected chi connectivity index (χ1v) is 3.90. The minimum atomic E-state index is -2.98. The molecule has 0 aliphatic rings. The lowest BCUT2D eigenvalue weighted by atomic mass is 10.2. The van der Waals surface area contributed by atoms with Gasteiger partial charge in [0.2, 0.25) is 0 Å². The molecular weight excluding hydrogens is 218 g/mol. The number of aromatic nitrogens is 1. The molecule has 1 aromatic heterocycles. The van der Waals surface area contributed by atoms with Crippen molar-refractivity contribution < 1.29 is 13.7 Å². The highest BCUT2D eigenvalue weighted by molar-refractivity contribution is 6.31. The number of halogens is 3. The molecule has 76 valence electrons. The van der Waals surface area contributed by atoms with Crippen LogP contribution >= 0.6 is 11.6 Å². The van der Waals surface area contributed by atoms with E-state index in [0.29, 0.717) is 0 Å². The Labute approximate surface area is 82.7 Å². The third-order valence-corrected chi connectivity index (χ3v) is 2.04. The first-order valence-electron chi connectivity index (χ1n) is 3.52. The van der Waals surface area contributed by atoms with Crippen LogP contribution in [0.4, 0.5) is 14.5 Å². The number of nitro groups is 1. The Morgan fingerprint density at radius 2 is 2.21 bits per heavy atom. The van der Waals surface area contributed by atoms with Crippen molar-refractivity contribution in [1.29, 1.82) is 0 Å². The van der Waals surface area contributed by atoms with E-state index in [-0.39, 0.29) is 10.6 Å². The summed E-state index contributed by atoms with van der Waals surface area (Å²) in [5, 5.41) is 10.5. The maximum atomic E-state index is 12.3. The largest absolute Gasteiger partial charge is 0.301 e. The molecule has 0 amide bonds. The number of rotatable bonds is 2. The Kier molecular flexibility index (Phi) is 2.95. The van der Waals surface area contributed by atoms with E-state index in [2.05, 4.69) is 4.98 Å². The van der Waals surface area contributed by atoms with Crippen molar-refractivity contribution in [2.75, 3.05) is 0 Å². The van der Waals surface area contributed by atoms with Gasteiger partial charge in [-0.25, -0.2) is 13.8 Å². The van der Waals surface area contributed by atoms with Gasteiger partial charge in [-0.1, -0.05) is 11.6 Å². The number of hydrogen-bond acceptors (Lipinski definition) is 3. The molecule has 0 N–H and O–H groups in total. The average Bonchev–Trinajstić information content (AvgIpc) is 2.08. The van der Waals surface area contributed by atoms with Crippen LogP contribution < -0.4 is 0 Å². The Balaban J connectivity index is 3.45. The fourth-order valence-corrected chi connectivity index (χ4v) is 1.12. The van der Waals surface area contributed by atoms with Crippen molar-refractivity contribution in [3.63, 3.8) is 0 Å².